The van der Waals surface area contributed by atoms with E-state index < -0.39 is 9.05 Å². The van der Waals surface area contributed by atoms with Crippen LogP contribution in [0.15, 0.2) is 0 Å². The highest BCUT2D eigenvalue weighted by Crippen LogP contribution is 1.62. The SMILES string of the molecule is CCONC.CCONC.O=S(O)(O)=S. The Morgan fingerprint density at radius 3 is 1.33 bits per heavy atom. The summed E-state index contributed by atoms with van der Waals surface area (Å²) in [7, 11) is -0.354. The summed E-state index contributed by atoms with van der Waals surface area (Å²) in [5, 5.41) is 0. The molecule has 0 bridgehead atoms. The predicted molar refractivity (Wildman–Crippen MR) is 62.1 cm³/mol. The summed E-state index contributed by atoms with van der Waals surface area (Å²) in [5.74, 6) is 0. The largest absolute Gasteiger partial charge is 0.302 e. The zero-order valence-corrected chi connectivity index (χ0v) is 11.0. The molecule has 0 aromatic carbocycles. The highest BCUT2D eigenvalue weighted by Gasteiger charge is 1.78. The smallest absolute Gasteiger partial charge is 0.263 e. The molecule has 0 radical (unpaired) electrons. The van der Waals surface area contributed by atoms with Crippen LogP contribution in [-0.2, 0) is 29.9 Å². The first-order chi connectivity index (χ1) is 6.83. The highest BCUT2D eigenvalue weighted by atomic mass is 32.9. The van der Waals surface area contributed by atoms with Crippen molar-refractivity contribution >= 4 is 20.2 Å². The van der Waals surface area contributed by atoms with E-state index >= 15 is 0 Å². The van der Waals surface area contributed by atoms with E-state index in [1.807, 2.05) is 13.8 Å². The fourth-order valence-electron chi connectivity index (χ4n) is 0.289. The molecule has 0 saturated heterocycles. The molecule has 0 aromatic heterocycles. The highest BCUT2D eigenvalue weighted by molar-refractivity contribution is 8.26. The maximum Gasteiger partial charge on any atom is 0.263 e. The summed E-state index contributed by atoms with van der Waals surface area (Å²) in [4.78, 5) is 9.17. The van der Waals surface area contributed by atoms with Crippen molar-refractivity contribution in [2.75, 3.05) is 27.3 Å². The average Bonchev–Trinajstić information content (AvgIpc) is 2.05. The molecule has 96 valence electrons. The summed E-state index contributed by atoms with van der Waals surface area (Å²) in [6, 6.07) is 0. The van der Waals surface area contributed by atoms with Gasteiger partial charge < -0.3 is 9.68 Å². The maximum atomic E-state index is 9.11. The fourth-order valence-corrected chi connectivity index (χ4v) is 0.289. The van der Waals surface area contributed by atoms with Gasteiger partial charge >= 0.3 is 0 Å². The topological polar surface area (TPSA) is 100 Å². The molecule has 0 fully saturated rings. The third-order valence-electron chi connectivity index (χ3n) is 0.577. The van der Waals surface area contributed by atoms with E-state index in [2.05, 4.69) is 31.8 Å². The van der Waals surface area contributed by atoms with Gasteiger partial charge in [-0.25, -0.2) is 11.0 Å². The molecule has 15 heavy (non-hydrogen) atoms. The number of nitrogens with one attached hydrogen (secondary N) is 2. The van der Waals surface area contributed by atoms with Gasteiger partial charge in [-0.3, -0.25) is 9.11 Å². The van der Waals surface area contributed by atoms with Crippen molar-refractivity contribution in [3.05, 3.63) is 0 Å². The van der Waals surface area contributed by atoms with Gasteiger partial charge in [0.25, 0.3) is 9.05 Å². The monoisotopic (exact) mass is 264 g/mol. The average molecular weight is 264 g/mol. The lowest BCUT2D eigenvalue weighted by molar-refractivity contribution is 0.0686. The van der Waals surface area contributed by atoms with Crippen LogP contribution in [0.3, 0.4) is 0 Å². The van der Waals surface area contributed by atoms with Crippen LogP contribution < -0.4 is 11.0 Å². The van der Waals surface area contributed by atoms with Crippen LogP contribution in [0.5, 0.6) is 0 Å². The van der Waals surface area contributed by atoms with Gasteiger partial charge in [0.2, 0.25) is 0 Å². The van der Waals surface area contributed by atoms with Crippen molar-refractivity contribution in [2.24, 2.45) is 0 Å². The minimum atomic E-state index is -3.83. The molecule has 0 aromatic rings. The normalized spacial score (nSPS) is 9.47. The van der Waals surface area contributed by atoms with Gasteiger partial charge in [-0.2, -0.15) is 4.21 Å². The van der Waals surface area contributed by atoms with Crippen LogP contribution in [0.2, 0.25) is 0 Å². The Bertz CT molecular complexity index is 168. The molecule has 0 aliphatic rings. The third kappa shape index (κ3) is 122. The Balaban J connectivity index is -0.000000144. The Labute approximate surface area is 95.8 Å². The summed E-state index contributed by atoms with van der Waals surface area (Å²) in [6.45, 7) is 5.32. The van der Waals surface area contributed by atoms with Crippen molar-refractivity contribution in [2.45, 2.75) is 13.8 Å². The number of hydroxylamine groups is 2. The summed E-state index contributed by atoms with van der Waals surface area (Å²) in [5.41, 5.74) is 5.03. The molecule has 4 N–H and O–H groups in total. The van der Waals surface area contributed by atoms with E-state index in [1.165, 1.54) is 0 Å². The Morgan fingerprint density at radius 2 is 1.33 bits per heavy atom. The lowest BCUT2D eigenvalue weighted by Crippen LogP contribution is -2.05. The van der Waals surface area contributed by atoms with E-state index in [-0.39, 0.29) is 0 Å². The maximum absolute atomic E-state index is 9.11. The first kappa shape index (κ1) is 20.5. The second-order valence-corrected chi connectivity index (χ2v) is 3.92. The summed E-state index contributed by atoms with van der Waals surface area (Å²) < 4.78 is 24.0. The van der Waals surface area contributed by atoms with Gasteiger partial charge in [0.15, 0.2) is 0 Å². The van der Waals surface area contributed by atoms with Crippen LogP contribution in [0.1, 0.15) is 13.8 Å². The Morgan fingerprint density at radius 1 is 1.13 bits per heavy atom. The molecular weight excluding hydrogens is 244 g/mol. The fraction of sp³-hybridized carbons (Fsp3) is 1.00. The van der Waals surface area contributed by atoms with Crippen molar-refractivity contribution in [3.8, 4) is 0 Å². The Kier molecular flexibility index (Phi) is 22.7. The standard InChI is InChI=1S/2C3H9NO.H2O3S2/c2*1-3-5-4-2;1-5(2,3)4/h2*4H,3H2,1-2H3;(H2,1,2,3,4). The second kappa shape index (κ2) is 16.6. The quantitative estimate of drug-likeness (QED) is 0.526. The summed E-state index contributed by atoms with van der Waals surface area (Å²) >= 11 is 3.47. The van der Waals surface area contributed by atoms with Crippen molar-refractivity contribution in [1.82, 2.24) is 11.0 Å². The number of hydrogen-bond donors (Lipinski definition) is 4. The molecule has 0 rings (SSSR count). The molecule has 7 nitrogen and oxygen atoms in total. The molecule has 0 aliphatic heterocycles. The van der Waals surface area contributed by atoms with Gasteiger partial charge in [-0.1, -0.05) is 0 Å². The zero-order chi connectivity index (χ0) is 12.7. The summed E-state index contributed by atoms with van der Waals surface area (Å²) in [6.07, 6.45) is 0. The van der Waals surface area contributed by atoms with Crippen LogP contribution in [-0.4, -0.2) is 40.6 Å². The molecule has 0 spiro atoms. The van der Waals surface area contributed by atoms with Gasteiger partial charge in [0.05, 0.1) is 13.2 Å². The van der Waals surface area contributed by atoms with Crippen molar-refractivity contribution in [3.63, 3.8) is 0 Å². The lowest BCUT2D eigenvalue weighted by Gasteiger charge is -1.88. The van der Waals surface area contributed by atoms with Crippen molar-refractivity contribution in [1.29, 1.82) is 0 Å². The molecule has 0 aliphatic carbocycles. The lowest BCUT2D eigenvalue weighted by atomic mass is 10.9. The molecule has 0 amide bonds. The van der Waals surface area contributed by atoms with Crippen LogP contribution in [0.25, 0.3) is 0 Å². The van der Waals surface area contributed by atoms with Crippen molar-refractivity contribution < 1.29 is 23.0 Å². The van der Waals surface area contributed by atoms with E-state index in [1.54, 1.807) is 14.1 Å². The third-order valence-corrected chi connectivity index (χ3v) is 0.577. The number of rotatable bonds is 4. The molecule has 9 heteroatoms. The molecule has 0 unspecified atom stereocenters. The van der Waals surface area contributed by atoms with Crippen LogP contribution in [0, 0.1) is 0 Å². The first-order valence-electron chi connectivity index (χ1n) is 4.10. The predicted octanol–water partition coefficient (Wildman–Crippen LogP) is -0.00670. The first-order valence-corrected chi connectivity index (χ1v) is 6.50. The van der Waals surface area contributed by atoms with Crippen LogP contribution >= 0.6 is 0 Å². The molecular formula is C6H20N2O5S2. The molecule has 0 heterocycles. The number of hydrogen-bond acceptors (Lipinski definition) is 6. The van der Waals surface area contributed by atoms with Gasteiger partial charge in [-0.05, 0) is 13.8 Å². The van der Waals surface area contributed by atoms with Gasteiger partial charge in [0, 0.05) is 25.3 Å². The van der Waals surface area contributed by atoms with E-state index in [0.29, 0.717) is 0 Å². The minimum absolute atomic E-state index is 0.733. The molecule has 0 atom stereocenters. The van der Waals surface area contributed by atoms with Gasteiger partial charge in [0.1, 0.15) is 0 Å². The van der Waals surface area contributed by atoms with E-state index in [9.17, 15) is 0 Å². The zero-order valence-electron chi connectivity index (χ0n) is 9.35. The molecule has 0 saturated carbocycles. The second-order valence-electron chi connectivity index (χ2n) is 1.72. The van der Waals surface area contributed by atoms with Gasteiger partial charge in [-0.15, -0.1) is 0 Å². The van der Waals surface area contributed by atoms with E-state index in [4.69, 9.17) is 13.3 Å². The van der Waals surface area contributed by atoms with E-state index in [0.717, 1.165) is 13.2 Å². The minimum Gasteiger partial charge on any atom is -0.302 e. The Hall–Kier alpha value is 0.130. The van der Waals surface area contributed by atoms with Crippen LogP contribution in [0.4, 0.5) is 0 Å².